The molecule has 3 nitrogen and oxygen atoms in total. The summed E-state index contributed by atoms with van der Waals surface area (Å²) >= 11 is 0. The van der Waals surface area contributed by atoms with Gasteiger partial charge in [0.2, 0.25) is 0 Å². The molecule has 1 aliphatic rings. The predicted octanol–water partition coefficient (Wildman–Crippen LogP) is 0.296. The van der Waals surface area contributed by atoms with Gasteiger partial charge in [0.1, 0.15) is 0 Å². The Labute approximate surface area is 60.2 Å². The number of aliphatic hydroxyl groups excluding tert-OH is 1. The van der Waals surface area contributed by atoms with Crippen molar-refractivity contribution in [3.8, 4) is 6.07 Å². The van der Waals surface area contributed by atoms with Crippen molar-refractivity contribution in [2.45, 2.75) is 25.6 Å². The van der Waals surface area contributed by atoms with Gasteiger partial charge < -0.3 is 9.84 Å². The third kappa shape index (κ3) is 1.28. The van der Waals surface area contributed by atoms with Crippen LogP contribution in [0.3, 0.4) is 0 Å². The van der Waals surface area contributed by atoms with E-state index in [0.29, 0.717) is 6.42 Å². The molecule has 0 saturated carbocycles. The molecule has 0 bridgehead atoms. The van der Waals surface area contributed by atoms with Crippen LogP contribution in [0.2, 0.25) is 0 Å². The van der Waals surface area contributed by atoms with Crippen molar-refractivity contribution < 1.29 is 9.84 Å². The Balaban J connectivity index is 2.46. The second-order valence-electron chi connectivity index (χ2n) is 2.62. The zero-order chi connectivity index (χ0) is 7.56. The largest absolute Gasteiger partial charge is 0.394 e. The van der Waals surface area contributed by atoms with Crippen LogP contribution in [-0.2, 0) is 4.74 Å². The first-order valence-corrected chi connectivity index (χ1v) is 3.44. The Morgan fingerprint density at radius 3 is 2.80 bits per heavy atom. The summed E-state index contributed by atoms with van der Waals surface area (Å²) in [6.45, 7) is 1.89. The Hall–Kier alpha value is -0.590. The molecule has 0 aromatic rings. The third-order valence-electron chi connectivity index (χ3n) is 1.86. The number of hydrogen-bond donors (Lipinski definition) is 1. The molecule has 2 unspecified atom stereocenters. The molecule has 1 N–H and O–H groups in total. The van der Waals surface area contributed by atoms with Crippen LogP contribution < -0.4 is 0 Å². The van der Waals surface area contributed by atoms with Crippen molar-refractivity contribution in [3.05, 3.63) is 0 Å². The molecule has 1 aliphatic heterocycles. The summed E-state index contributed by atoms with van der Waals surface area (Å²) in [6, 6.07) is 2.14. The zero-order valence-corrected chi connectivity index (χ0v) is 5.95. The highest BCUT2D eigenvalue weighted by atomic mass is 16.5. The van der Waals surface area contributed by atoms with E-state index in [4.69, 9.17) is 15.1 Å². The molecule has 0 spiro atoms. The van der Waals surface area contributed by atoms with Crippen LogP contribution in [0.5, 0.6) is 0 Å². The predicted molar refractivity (Wildman–Crippen MR) is 35.1 cm³/mol. The van der Waals surface area contributed by atoms with Crippen LogP contribution in [0, 0.1) is 17.2 Å². The number of hydrogen-bond acceptors (Lipinski definition) is 3. The van der Waals surface area contributed by atoms with E-state index in [-0.39, 0.29) is 24.7 Å². The molecule has 1 heterocycles. The van der Waals surface area contributed by atoms with Crippen LogP contribution in [0.15, 0.2) is 0 Å². The number of rotatable bonds is 1. The molecule has 3 atom stereocenters. The minimum atomic E-state index is -0.111. The average molecular weight is 141 g/mol. The van der Waals surface area contributed by atoms with E-state index >= 15 is 0 Å². The zero-order valence-electron chi connectivity index (χ0n) is 5.95. The van der Waals surface area contributed by atoms with Crippen LogP contribution >= 0.6 is 0 Å². The summed E-state index contributed by atoms with van der Waals surface area (Å²) in [6.07, 6.45) is 0.551. The van der Waals surface area contributed by atoms with Crippen LogP contribution in [0.4, 0.5) is 0 Å². The van der Waals surface area contributed by atoms with Crippen molar-refractivity contribution in [1.29, 1.82) is 5.26 Å². The Bertz CT molecular complexity index is 152. The lowest BCUT2D eigenvalue weighted by molar-refractivity contribution is 0.0167. The van der Waals surface area contributed by atoms with Gasteiger partial charge in [-0.2, -0.15) is 5.26 Å². The molecule has 1 fully saturated rings. The first-order chi connectivity index (χ1) is 4.77. The summed E-state index contributed by atoms with van der Waals surface area (Å²) in [7, 11) is 0. The lowest BCUT2D eigenvalue weighted by Gasteiger charge is -2.05. The lowest BCUT2D eigenvalue weighted by Crippen LogP contribution is -2.12. The van der Waals surface area contributed by atoms with E-state index in [1.807, 2.05) is 6.92 Å². The van der Waals surface area contributed by atoms with E-state index in [0.717, 1.165) is 0 Å². The summed E-state index contributed by atoms with van der Waals surface area (Å²) in [5.74, 6) is -0.0304. The number of nitrogens with zero attached hydrogens (tertiary/aromatic N) is 1. The Kier molecular flexibility index (Phi) is 2.25. The van der Waals surface area contributed by atoms with Crippen molar-refractivity contribution in [1.82, 2.24) is 0 Å². The topological polar surface area (TPSA) is 53.2 Å². The normalized spacial score (nSPS) is 39.5. The summed E-state index contributed by atoms with van der Waals surface area (Å²) < 4.78 is 5.24. The van der Waals surface area contributed by atoms with Crippen molar-refractivity contribution >= 4 is 0 Å². The van der Waals surface area contributed by atoms with Crippen LogP contribution in [0.1, 0.15) is 13.3 Å². The second kappa shape index (κ2) is 3.00. The van der Waals surface area contributed by atoms with Gasteiger partial charge >= 0.3 is 0 Å². The van der Waals surface area contributed by atoms with Gasteiger partial charge in [-0.3, -0.25) is 0 Å². The molecule has 0 aromatic carbocycles. The highest BCUT2D eigenvalue weighted by molar-refractivity contribution is 4.93. The van der Waals surface area contributed by atoms with Crippen LogP contribution in [0.25, 0.3) is 0 Å². The molecular formula is C7H11NO2. The maximum absolute atomic E-state index is 8.66. The fourth-order valence-electron chi connectivity index (χ4n) is 1.20. The van der Waals surface area contributed by atoms with Gasteiger partial charge in [0.15, 0.2) is 0 Å². The maximum atomic E-state index is 8.66. The molecule has 1 saturated heterocycles. The van der Waals surface area contributed by atoms with E-state index in [1.54, 1.807) is 0 Å². The monoisotopic (exact) mass is 141 g/mol. The number of ether oxygens (including phenoxy) is 1. The minimum absolute atomic E-state index is 0.0119. The molecule has 0 aromatic heterocycles. The van der Waals surface area contributed by atoms with E-state index < -0.39 is 0 Å². The maximum Gasteiger partial charge on any atom is 0.0823 e. The average Bonchev–Trinajstić information content (AvgIpc) is 2.30. The SMILES string of the molecule is C[C@@H]1OC(CO)CC1C#N. The number of aliphatic hydroxyl groups is 1. The minimum Gasteiger partial charge on any atom is -0.394 e. The van der Waals surface area contributed by atoms with Gasteiger partial charge in [0, 0.05) is 0 Å². The summed E-state index contributed by atoms with van der Waals surface area (Å²) in [5.41, 5.74) is 0. The molecular weight excluding hydrogens is 130 g/mol. The lowest BCUT2D eigenvalue weighted by atomic mass is 10.0. The van der Waals surface area contributed by atoms with Gasteiger partial charge in [-0.15, -0.1) is 0 Å². The fraction of sp³-hybridized carbons (Fsp3) is 0.857. The molecule has 56 valence electrons. The Morgan fingerprint density at radius 1 is 1.80 bits per heavy atom. The second-order valence-corrected chi connectivity index (χ2v) is 2.62. The smallest absolute Gasteiger partial charge is 0.0823 e. The highest BCUT2D eigenvalue weighted by Crippen LogP contribution is 2.24. The first kappa shape index (κ1) is 7.52. The van der Waals surface area contributed by atoms with Gasteiger partial charge in [-0.1, -0.05) is 0 Å². The first-order valence-electron chi connectivity index (χ1n) is 3.44. The third-order valence-corrected chi connectivity index (χ3v) is 1.86. The Morgan fingerprint density at radius 2 is 2.50 bits per heavy atom. The molecule has 10 heavy (non-hydrogen) atoms. The van der Waals surface area contributed by atoms with Crippen LogP contribution in [-0.4, -0.2) is 23.9 Å². The van der Waals surface area contributed by atoms with Gasteiger partial charge in [-0.25, -0.2) is 0 Å². The standard InChI is InChI=1S/C7H11NO2/c1-5-6(3-8)2-7(4-9)10-5/h5-7,9H,2,4H2,1H3/t5-,6?,7?/m0/s1. The molecule has 3 heteroatoms. The molecule has 0 aliphatic carbocycles. The summed E-state index contributed by atoms with van der Waals surface area (Å²) in [5, 5.41) is 17.2. The van der Waals surface area contributed by atoms with Gasteiger partial charge in [-0.05, 0) is 13.3 Å². The van der Waals surface area contributed by atoms with Crippen molar-refractivity contribution in [2.24, 2.45) is 5.92 Å². The van der Waals surface area contributed by atoms with E-state index in [9.17, 15) is 0 Å². The van der Waals surface area contributed by atoms with Gasteiger partial charge in [0.25, 0.3) is 0 Å². The highest BCUT2D eigenvalue weighted by Gasteiger charge is 2.31. The molecule has 1 rings (SSSR count). The molecule has 0 radical (unpaired) electrons. The van der Waals surface area contributed by atoms with E-state index in [1.165, 1.54) is 0 Å². The van der Waals surface area contributed by atoms with E-state index in [2.05, 4.69) is 6.07 Å². The van der Waals surface area contributed by atoms with Crippen molar-refractivity contribution in [2.75, 3.05) is 6.61 Å². The van der Waals surface area contributed by atoms with Gasteiger partial charge in [0.05, 0.1) is 30.8 Å². The molecule has 0 amide bonds. The fourth-order valence-corrected chi connectivity index (χ4v) is 1.20. The number of nitriles is 1. The summed E-state index contributed by atoms with van der Waals surface area (Å²) in [4.78, 5) is 0. The van der Waals surface area contributed by atoms with Crippen molar-refractivity contribution in [3.63, 3.8) is 0 Å². The quantitative estimate of drug-likeness (QED) is 0.571.